The van der Waals surface area contributed by atoms with Gasteiger partial charge in [-0.15, -0.1) is 0 Å². The van der Waals surface area contributed by atoms with Crippen LogP contribution >= 0.6 is 0 Å². The number of amides is 2. The highest BCUT2D eigenvalue weighted by molar-refractivity contribution is 5.90. The summed E-state index contributed by atoms with van der Waals surface area (Å²) in [6, 6.07) is 7.55. The molecular weight excluding hydrogens is 268 g/mol. The fourth-order valence-corrected chi connectivity index (χ4v) is 3.28. The topological polar surface area (TPSA) is 69.6 Å². The van der Waals surface area contributed by atoms with Gasteiger partial charge in [-0.05, 0) is 17.5 Å². The van der Waals surface area contributed by atoms with E-state index in [4.69, 9.17) is 0 Å². The number of hydrogen-bond acceptors (Lipinski definition) is 3. The largest absolute Gasteiger partial charge is 0.387 e. The van der Waals surface area contributed by atoms with Crippen LogP contribution in [0, 0.1) is 0 Å². The first-order valence-corrected chi connectivity index (χ1v) is 7.31. The molecule has 2 N–H and O–H groups in total. The highest BCUT2D eigenvalue weighted by atomic mass is 16.3. The Kier molecular flexibility index (Phi) is 3.45. The van der Waals surface area contributed by atoms with Crippen molar-refractivity contribution in [2.75, 3.05) is 13.6 Å². The van der Waals surface area contributed by atoms with E-state index in [-0.39, 0.29) is 18.4 Å². The Hall–Kier alpha value is -1.88. The zero-order valence-electron chi connectivity index (χ0n) is 12.1. The second-order valence-corrected chi connectivity index (χ2v) is 6.12. The lowest BCUT2D eigenvalue weighted by Gasteiger charge is -2.25. The van der Waals surface area contributed by atoms with Gasteiger partial charge >= 0.3 is 0 Å². The summed E-state index contributed by atoms with van der Waals surface area (Å²) in [6.45, 7) is 0.221. The average Bonchev–Trinajstić information content (AvgIpc) is 2.97. The van der Waals surface area contributed by atoms with Crippen LogP contribution in [0.1, 0.15) is 24.0 Å². The van der Waals surface area contributed by atoms with Gasteiger partial charge in [0.1, 0.15) is 6.04 Å². The standard InChI is InChI=1S/C16H20N2O3/c1-18-13(6-7-14(18)19)15(20)17-10-16(21)8-11-4-2-3-5-12(11)9-16/h2-5,13,21H,6-10H2,1H3,(H,17,20). The molecule has 0 aromatic heterocycles. The van der Waals surface area contributed by atoms with Crippen molar-refractivity contribution in [1.82, 2.24) is 10.2 Å². The number of nitrogens with zero attached hydrogens (tertiary/aromatic N) is 1. The monoisotopic (exact) mass is 288 g/mol. The minimum absolute atomic E-state index is 0.00198. The van der Waals surface area contributed by atoms with Gasteiger partial charge in [0.25, 0.3) is 0 Å². The molecule has 5 heteroatoms. The number of carbonyl (C=O) groups is 2. The van der Waals surface area contributed by atoms with Crippen molar-refractivity contribution in [3.05, 3.63) is 35.4 Å². The van der Waals surface area contributed by atoms with Crippen LogP contribution in [0.25, 0.3) is 0 Å². The van der Waals surface area contributed by atoms with Gasteiger partial charge in [-0.2, -0.15) is 0 Å². The van der Waals surface area contributed by atoms with E-state index in [0.717, 1.165) is 11.1 Å². The molecule has 1 aromatic rings. The predicted molar refractivity (Wildman–Crippen MR) is 77.6 cm³/mol. The summed E-state index contributed by atoms with van der Waals surface area (Å²) in [4.78, 5) is 25.1. The van der Waals surface area contributed by atoms with E-state index < -0.39 is 11.6 Å². The second kappa shape index (κ2) is 5.15. The Morgan fingerprint density at radius 1 is 1.38 bits per heavy atom. The summed E-state index contributed by atoms with van der Waals surface area (Å²) < 4.78 is 0. The second-order valence-electron chi connectivity index (χ2n) is 6.12. The Morgan fingerprint density at radius 3 is 2.52 bits per heavy atom. The quantitative estimate of drug-likeness (QED) is 0.838. The number of rotatable bonds is 3. The van der Waals surface area contributed by atoms with Crippen molar-refractivity contribution in [2.45, 2.75) is 37.3 Å². The lowest BCUT2D eigenvalue weighted by Crippen LogP contribution is -2.49. The summed E-state index contributed by atoms with van der Waals surface area (Å²) in [5.41, 5.74) is 1.37. The first-order valence-electron chi connectivity index (χ1n) is 7.31. The number of likely N-dealkylation sites (tertiary alicyclic amines) is 1. The Balaban J connectivity index is 1.59. The number of fused-ring (bicyclic) bond motifs is 1. The van der Waals surface area contributed by atoms with Crippen molar-refractivity contribution < 1.29 is 14.7 Å². The van der Waals surface area contributed by atoms with Crippen molar-refractivity contribution in [2.24, 2.45) is 0 Å². The lowest BCUT2D eigenvalue weighted by molar-refractivity contribution is -0.134. The molecule has 0 spiro atoms. The maximum Gasteiger partial charge on any atom is 0.242 e. The highest BCUT2D eigenvalue weighted by Crippen LogP contribution is 2.29. The average molecular weight is 288 g/mol. The third kappa shape index (κ3) is 2.65. The van der Waals surface area contributed by atoms with E-state index in [1.807, 2.05) is 24.3 Å². The molecule has 0 radical (unpaired) electrons. The summed E-state index contributed by atoms with van der Waals surface area (Å²) in [6.07, 6.45) is 2.09. The van der Waals surface area contributed by atoms with E-state index in [0.29, 0.717) is 25.7 Å². The van der Waals surface area contributed by atoms with Gasteiger partial charge in [0.2, 0.25) is 11.8 Å². The molecule has 1 aromatic carbocycles. The van der Waals surface area contributed by atoms with Crippen LogP contribution in [-0.2, 0) is 22.4 Å². The van der Waals surface area contributed by atoms with Crippen LogP contribution in [0.3, 0.4) is 0 Å². The first kappa shape index (κ1) is 14.1. The van der Waals surface area contributed by atoms with Crippen LogP contribution in [0.4, 0.5) is 0 Å². The van der Waals surface area contributed by atoms with Crippen LogP contribution < -0.4 is 5.32 Å². The van der Waals surface area contributed by atoms with Gasteiger partial charge in [-0.3, -0.25) is 9.59 Å². The number of likely N-dealkylation sites (N-methyl/N-ethyl adjacent to an activating group) is 1. The Labute approximate surface area is 123 Å². The minimum atomic E-state index is -0.916. The van der Waals surface area contributed by atoms with E-state index in [1.165, 1.54) is 4.90 Å². The maximum atomic E-state index is 12.2. The molecule has 3 rings (SSSR count). The third-order valence-electron chi connectivity index (χ3n) is 4.54. The van der Waals surface area contributed by atoms with Gasteiger partial charge in [0.15, 0.2) is 0 Å². The Morgan fingerprint density at radius 2 is 2.00 bits per heavy atom. The number of carbonyl (C=O) groups excluding carboxylic acids is 2. The van der Waals surface area contributed by atoms with Gasteiger partial charge < -0.3 is 15.3 Å². The molecular formula is C16H20N2O3. The zero-order chi connectivity index (χ0) is 15.0. The summed E-state index contributed by atoms with van der Waals surface area (Å²) in [7, 11) is 1.65. The summed E-state index contributed by atoms with van der Waals surface area (Å²) in [5.74, 6) is -0.171. The number of nitrogens with one attached hydrogen (secondary N) is 1. The van der Waals surface area contributed by atoms with Crippen LogP contribution in [0.15, 0.2) is 24.3 Å². The maximum absolute atomic E-state index is 12.2. The molecule has 5 nitrogen and oxygen atoms in total. The Bertz CT molecular complexity index is 560. The predicted octanol–water partition coefficient (Wildman–Crippen LogP) is 0.253. The highest BCUT2D eigenvalue weighted by Gasteiger charge is 2.37. The van der Waals surface area contributed by atoms with E-state index in [1.54, 1.807) is 7.05 Å². The molecule has 2 amide bonds. The van der Waals surface area contributed by atoms with Gasteiger partial charge in [0, 0.05) is 32.9 Å². The van der Waals surface area contributed by atoms with Crippen LogP contribution in [0.5, 0.6) is 0 Å². The van der Waals surface area contributed by atoms with Gasteiger partial charge in [0.05, 0.1) is 5.60 Å². The number of hydrogen-bond donors (Lipinski definition) is 2. The molecule has 2 aliphatic rings. The van der Waals surface area contributed by atoms with E-state index in [9.17, 15) is 14.7 Å². The molecule has 1 heterocycles. The number of benzene rings is 1. The van der Waals surface area contributed by atoms with Crippen molar-refractivity contribution in [3.8, 4) is 0 Å². The molecule has 1 unspecified atom stereocenters. The summed E-state index contributed by atoms with van der Waals surface area (Å²) >= 11 is 0. The normalized spacial score (nSPS) is 23.2. The van der Waals surface area contributed by atoms with Crippen molar-refractivity contribution in [3.63, 3.8) is 0 Å². The fraction of sp³-hybridized carbons (Fsp3) is 0.500. The molecule has 0 bridgehead atoms. The smallest absolute Gasteiger partial charge is 0.242 e. The molecule has 1 aliphatic heterocycles. The van der Waals surface area contributed by atoms with Gasteiger partial charge in [-0.25, -0.2) is 0 Å². The lowest BCUT2D eigenvalue weighted by atomic mass is 10.0. The van der Waals surface area contributed by atoms with Gasteiger partial charge in [-0.1, -0.05) is 24.3 Å². The van der Waals surface area contributed by atoms with Crippen molar-refractivity contribution >= 4 is 11.8 Å². The van der Waals surface area contributed by atoms with Crippen molar-refractivity contribution in [1.29, 1.82) is 0 Å². The molecule has 1 fully saturated rings. The first-order chi connectivity index (χ1) is 9.98. The minimum Gasteiger partial charge on any atom is -0.387 e. The third-order valence-corrected chi connectivity index (χ3v) is 4.54. The van der Waals surface area contributed by atoms with E-state index >= 15 is 0 Å². The molecule has 112 valence electrons. The molecule has 1 saturated heterocycles. The molecule has 1 aliphatic carbocycles. The number of aliphatic hydroxyl groups is 1. The fourth-order valence-electron chi connectivity index (χ4n) is 3.28. The van der Waals surface area contributed by atoms with Crippen LogP contribution in [-0.4, -0.2) is 47.1 Å². The SMILES string of the molecule is CN1C(=O)CCC1C(=O)NCC1(O)Cc2ccccc2C1. The zero-order valence-corrected chi connectivity index (χ0v) is 12.1. The van der Waals surface area contributed by atoms with E-state index in [2.05, 4.69) is 5.32 Å². The molecule has 1 atom stereocenters. The van der Waals surface area contributed by atoms with Crippen LogP contribution in [0.2, 0.25) is 0 Å². The molecule has 0 saturated carbocycles. The summed E-state index contributed by atoms with van der Waals surface area (Å²) in [5, 5.41) is 13.4. The molecule has 21 heavy (non-hydrogen) atoms.